The number of aliphatic hydroxyl groups excluding tert-OH is 1. The number of hydrogen-bond acceptors (Lipinski definition) is 3. The smallest absolute Gasteiger partial charge is 0.115 e. The molecule has 0 radical (unpaired) electrons. The van der Waals surface area contributed by atoms with Crippen molar-refractivity contribution in [2.45, 2.75) is 37.8 Å². The van der Waals surface area contributed by atoms with Crippen molar-refractivity contribution < 1.29 is 10.2 Å². The van der Waals surface area contributed by atoms with Crippen LogP contribution in [0.2, 0.25) is 0 Å². The molecule has 1 aliphatic carbocycles. The second kappa shape index (κ2) is 6.84. The van der Waals surface area contributed by atoms with E-state index in [1.807, 2.05) is 30.3 Å². The molecule has 1 fully saturated rings. The molecule has 2 unspecified atom stereocenters. The fourth-order valence-corrected chi connectivity index (χ4v) is 3.30. The highest BCUT2D eigenvalue weighted by Crippen LogP contribution is 2.29. The highest BCUT2D eigenvalue weighted by molar-refractivity contribution is 5.48. The van der Waals surface area contributed by atoms with E-state index in [0.717, 1.165) is 32.2 Å². The molecule has 1 aliphatic rings. The number of benzene rings is 2. The third-order valence-electron chi connectivity index (χ3n) is 4.51. The zero-order valence-electron chi connectivity index (χ0n) is 12.7. The van der Waals surface area contributed by atoms with Crippen LogP contribution in [0, 0.1) is 0 Å². The molecule has 0 bridgehead atoms. The van der Waals surface area contributed by atoms with Gasteiger partial charge in [-0.25, -0.2) is 0 Å². The van der Waals surface area contributed by atoms with Crippen molar-refractivity contribution in [2.24, 2.45) is 0 Å². The monoisotopic (exact) mass is 297 g/mol. The van der Waals surface area contributed by atoms with Crippen LogP contribution in [0.25, 0.3) is 0 Å². The summed E-state index contributed by atoms with van der Waals surface area (Å²) < 4.78 is 0. The molecule has 116 valence electrons. The normalized spacial score (nSPS) is 21.0. The molecule has 0 amide bonds. The molecular formula is C19H23NO2. The molecule has 3 heteroatoms. The lowest BCUT2D eigenvalue weighted by Crippen LogP contribution is -2.41. The minimum atomic E-state index is -0.236. The van der Waals surface area contributed by atoms with Gasteiger partial charge in [0.05, 0.1) is 12.1 Å². The van der Waals surface area contributed by atoms with Gasteiger partial charge in [0.2, 0.25) is 0 Å². The first-order valence-corrected chi connectivity index (χ1v) is 8.02. The molecule has 0 spiro atoms. The highest BCUT2D eigenvalue weighted by Gasteiger charge is 2.30. The van der Waals surface area contributed by atoms with E-state index >= 15 is 0 Å². The maximum atomic E-state index is 10.3. The van der Waals surface area contributed by atoms with Crippen LogP contribution in [0.1, 0.15) is 24.8 Å². The molecule has 0 aliphatic heterocycles. The summed E-state index contributed by atoms with van der Waals surface area (Å²) in [4.78, 5) is 2.34. The fraction of sp³-hybridized carbons (Fsp3) is 0.368. The van der Waals surface area contributed by atoms with Crippen LogP contribution in [0.5, 0.6) is 5.75 Å². The maximum Gasteiger partial charge on any atom is 0.115 e. The molecule has 0 aromatic heterocycles. The van der Waals surface area contributed by atoms with E-state index in [1.165, 1.54) is 11.3 Å². The van der Waals surface area contributed by atoms with Crippen LogP contribution >= 0.6 is 0 Å². The minimum Gasteiger partial charge on any atom is -0.508 e. The van der Waals surface area contributed by atoms with E-state index in [2.05, 4.69) is 17.0 Å². The Labute approximate surface area is 131 Å². The van der Waals surface area contributed by atoms with Crippen LogP contribution in [-0.2, 0) is 6.42 Å². The molecule has 2 N–H and O–H groups in total. The fourth-order valence-electron chi connectivity index (χ4n) is 3.30. The van der Waals surface area contributed by atoms with E-state index < -0.39 is 0 Å². The van der Waals surface area contributed by atoms with E-state index in [0.29, 0.717) is 5.75 Å². The predicted molar refractivity (Wildman–Crippen MR) is 89.2 cm³/mol. The third-order valence-corrected chi connectivity index (χ3v) is 4.51. The van der Waals surface area contributed by atoms with Crippen LogP contribution in [0.3, 0.4) is 0 Å². The molecule has 2 aromatic carbocycles. The zero-order valence-corrected chi connectivity index (χ0v) is 12.7. The molecule has 0 saturated heterocycles. The van der Waals surface area contributed by atoms with Gasteiger partial charge in [0, 0.05) is 12.2 Å². The summed E-state index contributed by atoms with van der Waals surface area (Å²) in [5, 5.41) is 19.7. The molecule has 3 rings (SSSR count). The molecule has 22 heavy (non-hydrogen) atoms. The van der Waals surface area contributed by atoms with Crippen molar-refractivity contribution in [3.63, 3.8) is 0 Å². The van der Waals surface area contributed by atoms with Crippen LogP contribution < -0.4 is 4.90 Å². The first-order chi connectivity index (χ1) is 10.7. The zero-order chi connectivity index (χ0) is 15.4. The van der Waals surface area contributed by atoms with E-state index in [4.69, 9.17) is 0 Å². The SMILES string of the molecule is Oc1ccc(CCN(c2ccccc2)C2CCCC2O)cc1. The molecule has 0 heterocycles. The van der Waals surface area contributed by atoms with Gasteiger partial charge in [-0.1, -0.05) is 30.3 Å². The van der Waals surface area contributed by atoms with Gasteiger partial charge in [0.15, 0.2) is 0 Å². The molecule has 3 nitrogen and oxygen atoms in total. The van der Waals surface area contributed by atoms with Gasteiger partial charge >= 0.3 is 0 Å². The minimum absolute atomic E-state index is 0.208. The topological polar surface area (TPSA) is 43.7 Å². The Hall–Kier alpha value is -2.00. The van der Waals surface area contributed by atoms with Crippen molar-refractivity contribution in [3.8, 4) is 5.75 Å². The van der Waals surface area contributed by atoms with Gasteiger partial charge in [0.1, 0.15) is 5.75 Å². The Kier molecular flexibility index (Phi) is 4.64. The average molecular weight is 297 g/mol. The Bertz CT molecular complexity index is 582. The summed E-state index contributed by atoms with van der Waals surface area (Å²) in [5.41, 5.74) is 2.37. The van der Waals surface area contributed by atoms with Gasteiger partial charge in [0.25, 0.3) is 0 Å². The Morgan fingerprint density at radius 2 is 1.68 bits per heavy atom. The molecule has 2 atom stereocenters. The first-order valence-electron chi connectivity index (χ1n) is 8.02. The lowest BCUT2D eigenvalue weighted by Gasteiger charge is -2.33. The number of nitrogens with zero attached hydrogens (tertiary/aromatic N) is 1. The summed E-state index contributed by atoms with van der Waals surface area (Å²) >= 11 is 0. The van der Waals surface area contributed by atoms with E-state index in [9.17, 15) is 10.2 Å². The number of anilines is 1. The lowest BCUT2D eigenvalue weighted by atomic mass is 10.1. The second-order valence-electron chi connectivity index (χ2n) is 6.01. The summed E-state index contributed by atoms with van der Waals surface area (Å²) in [6.07, 6.45) is 3.70. The quantitative estimate of drug-likeness (QED) is 0.889. The Morgan fingerprint density at radius 1 is 0.955 bits per heavy atom. The second-order valence-corrected chi connectivity index (χ2v) is 6.01. The number of rotatable bonds is 5. The lowest BCUT2D eigenvalue weighted by molar-refractivity contribution is 0.161. The standard InChI is InChI=1S/C19H23NO2/c21-17-11-9-15(10-12-17)13-14-20(16-5-2-1-3-6-16)18-7-4-8-19(18)22/h1-3,5-6,9-12,18-19,21-22H,4,7-8,13-14H2. The number of phenols is 1. The Balaban J connectivity index is 1.75. The van der Waals surface area contributed by atoms with Gasteiger partial charge < -0.3 is 15.1 Å². The predicted octanol–water partition coefficient (Wildman–Crippen LogP) is 3.35. The number of para-hydroxylation sites is 1. The van der Waals surface area contributed by atoms with Crippen molar-refractivity contribution in [1.82, 2.24) is 0 Å². The largest absolute Gasteiger partial charge is 0.508 e. The van der Waals surface area contributed by atoms with Gasteiger partial charge in [-0.3, -0.25) is 0 Å². The van der Waals surface area contributed by atoms with Crippen molar-refractivity contribution in [1.29, 1.82) is 0 Å². The number of hydrogen-bond donors (Lipinski definition) is 2. The van der Waals surface area contributed by atoms with Crippen molar-refractivity contribution in [2.75, 3.05) is 11.4 Å². The molecular weight excluding hydrogens is 274 g/mol. The van der Waals surface area contributed by atoms with Gasteiger partial charge in [-0.2, -0.15) is 0 Å². The van der Waals surface area contributed by atoms with Crippen molar-refractivity contribution >= 4 is 5.69 Å². The number of aliphatic hydroxyl groups is 1. The highest BCUT2D eigenvalue weighted by atomic mass is 16.3. The number of phenolic OH excluding ortho intramolecular Hbond substituents is 1. The molecule has 2 aromatic rings. The van der Waals surface area contributed by atoms with Crippen molar-refractivity contribution in [3.05, 3.63) is 60.2 Å². The van der Waals surface area contributed by atoms with Crippen LogP contribution in [-0.4, -0.2) is 28.9 Å². The van der Waals surface area contributed by atoms with Gasteiger partial charge in [-0.15, -0.1) is 0 Å². The number of aromatic hydroxyl groups is 1. The first kappa shape index (κ1) is 14.9. The van der Waals surface area contributed by atoms with E-state index in [-0.39, 0.29) is 12.1 Å². The average Bonchev–Trinajstić information content (AvgIpc) is 2.97. The van der Waals surface area contributed by atoms with Gasteiger partial charge in [-0.05, 0) is 55.5 Å². The summed E-state index contributed by atoms with van der Waals surface area (Å²) in [6, 6.07) is 17.9. The third kappa shape index (κ3) is 3.42. The van der Waals surface area contributed by atoms with E-state index in [1.54, 1.807) is 12.1 Å². The van der Waals surface area contributed by atoms with Crippen LogP contribution in [0.15, 0.2) is 54.6 Å². The summed E-state index contributed by atoms with van der Waals surface area (Å²) in [6.45, 7) is 0.872. The summed E-state index contributed by atoms with van der Waals surface area (Å²) in [7, 11) is 0. The maximum absolute atomic E-state index is 10.3. The van der Waals surface area contributed by atoms with Crippen LogP contribution in [0.4, 0.5) is 5.69 Å². The Morgan fingerprint density at radius 3 is 2.32 bits per heavy atom. The summed E-state index contributed by atoms with van der Waals surface area (Å²) in [5.74, 6) is 0.301. The molecule has 1 saturated carbocycles.